The molecule has 2 rings (SSSR count). The fourth-order valence-electron chi connectivity index (χ4n) is 2.75. The zero-order valence-corrected chi connectivity index (χ0v) is 13.8. The maximum atomic E-state index is 12.0. The summed E-state index contributed by atoms with van der Waals surface area (Å²) < 4.78 is 0. The van der Waals surface area contributed by atoms with E-state index in [1.165, 1.54) is 0 Å². The number of hydrogen-bond donors (Lipinski definition) is 2. The Balaban J connectivity index is 0.00000242. The minimum Gasteiger partial charge on any atom is -0.354 e. The van der Waals surface area contributed by atoms with Crippen molar-refractivity contribution in [3.8, 4) is 0 Å². The van der Waals surface area contributed by atoms with E-state index in [2.05, 4.69) is 10.6 Å². The lowest BCUT2D eigenvalue weighted by Gasteiger charge is -2.34. The van der Waals surface area contributed by atoms with Crippen molar-refractivity contribution in [2.45, 2.75) is 32.2 Å². The van der Waals surface area contributed by atoms with Crippen LogP contribution in [0.1, 0.15) is 26.2 Å². The van der Waals surface area contributed by atoms with Crippen molar-refractivity contribution in [2.24, 2.45) is 0 Å². The molecule has 0 spiro atoms. The highest BCUT2D eigenvalue weighted by Crippen LogP contribution is 2.05. The van der Waals surface area contributed by atoms with Gasteiger partial charge in [-0.1, -0.05) is 0 Å². The zero-order chi connectivity index (χ0) is 15.2. The molecule has 0 aromatic rings. The van der Waals surface area contributed by atoms with E-state index in [4.69, 9.17) is 0 Å². The van der Waals surface area contributed by atoms with E-state index in [1.54, 1.807) is 16.7 Å². The second-order valence-corrected chi connectivity index (χ2v) is 5.58. The van der Waals surface area contributed by atoms with Crippen molar-refractivity contribution in [3.63, 3.8) is 0 Å². The van der Waals surface area contributed by atoms with E-state index >= 15 is 0 Å². The van der Waals surface area contributed by atoms with Gasteiger partial charge in [0.2, 0.25) is 17.7 Å². The normalized spacial score (nSPS) is 21.2. The predicted molar refractivity (Wildman–Crippen MR) is 84.7 cm³/mol. The van der Waals surface area contributed by atoms with Gasteiger partial charge in [0.05, 0.1) is 6.04 Å². The quantitative estimate of drug-likeness (QED) is 0.717. The zero-order valence-electron chi connectivity index (χ0n) is 13.0. The molecule has 0 aromatic heterocycles. The predicted octanol–water partition coefficient (Wildman–Crippen LogP) is -0.643. The van der Waals surface area contributed by atoms with E-state index in [1.807, 2.05) is 0 Å². The Kier molecular flexibility index (Phi) is 7.61. The first-order valence-electron chi connectivity index (χ1n) is 7.62. The summed E-state index contributed by atoms with van der Waals surface area (Å²) in [5.41, 5.74) is 0. The Morgan fingerprint density at radius 1 is 1.14 bits per heavy atom. The molecule has 1 atom stereocenters. The fourth-order valence-corrected chi connectivity index (χ4v) is 2.75. The molecule has 0 bridgehead atoms. The lowest BCUT2D eigenvalue weighted by molar-refractivity contribution is -0.138. The molecule has 7 nitrogen and oxygen atoms in total. The molecule has 0 aromatic carbocycles. The van der Waals surface area contributed by atoms with Crippen molar-refractivity contribution in [1.82, 2.24) is 20.4 Å². The number of carbonyl (C=O) groups is 3. The lowest BCUT2D eigenvalue weighted by Crippen LogP contribution is -2.50. The van der Waals surface area contributed by atoms with Gasteiger partial charge in [-0.05, 0) is 19.4 Å². The van der Waals surface area contributed by atoms with Crippen molar-refractivity contribution in [2.75, 3.05) is 39.3 Å². The minimum absolute atomic E-state index is 0. The first kappa shape index (κ1) is 18.7. The Bertz CT molecular complexity index is 405. The third-order valence-electron chi connectivity index (χ3n) is 4.09. The topological polar surface area (TPSA) is 81.8 Å². The van der Waals surface area contributed by atoms with Gasteiger partial charge < -0.3 is 20.4 Å². The number of halogens is 1. The second kappa shape index (κ2) is 8.95. The number of hydrogen-bond acceptors (Lipinski definition) is 4. The molecule has 3 amide bonds. The van der Waals surface area contributed by atoms with E-state index in [9.17, 15) is 14.4 Å². The standard InChI is InChI=1S/C14H24N4O3.ClH/c1-11(19)17-7-9-18(10-8-17)13(20)4-6-16-14(21)12-3-2-5-15-12;/h12,15H,2-10H2,1H3,(H,16,21);1H. The smallest absolute Gasteiger partial charge is 0.237 e. The Morgan fingerprint density at radius 3 is 2.32 bits per heavy atom. The highest BCUT2D eigenvalue weighted by atomic mass is 35.5. The molecule has 2 saturated heterocycles. The summed E-state index contributed by atoms with van der Waals surface area (Å²) in [4.78, 5) is 38.5. The molecule has 126 valence electrons. The van der Waals surface area contributed by atoms with E-state index < -0.39 is 0 Å². The molecule has 2 aliphatic heterocycles. The molecular weight excluding hydrogens is 308 g/mol. The molecule has 22 heavy (non-hydrogen) atoms. The van der Waals surface area contributed by atoms with Crippen LogP contribution in [0.15, 0.2) is 0 Å². The molecule has 2 heterocycles. The van der Waals surface area contributed by atoms with Gasteiger partial charge in [0, 0.05) is 46.1 Å². The number of nitrogens with one attached hydrogen (secondary N) is 2. The summed E-state index contributed by atoms with van der Waals surface area (Å²) in [6, 6.07) is -0.0980. The Labute approximate surface area is 137 Å². The monoisotopic (exact) mass is 332 g/mol. The highest BCUT2D eigenvalue weighted by Gasteiger charge is 2.24. The minimum atomic E-state index is -0.0980. The van der Waals surface area contributed by atoms with Gasteiger partial charge in [0.1, 0.15) is 0 Å². The number of rotatable bonds is 4. The molecular formula is C14H25ClN4O3. The van der Waals surface area contributed by atoms with Crippen LogP contribution in [0.3, 0.4) is 0 Å². The van der Waals surface area contributed by atoms with Crippen LogP contribution in [0.5, 0.6) is 0 Å². The van der Waals surface area contributed by atoms with Crippen LogP contribution >= 0.6 is 12.4 Å². The van der Waals surface area contributed by atoms with Gasteiger partial charge in [-0.2, -0.15) is 0 Å². The van der Waals surface area contributed by atoms with Gasteiger partial charge in [-0.25, -0.2) is 0 Å². The molecule has 2 N–H and O–H groups in total. The SMILES string of the molecule is CC(=O)N1CCN(C(=O)CCNC(=O)C2CCCN2)CC1.Cl. The summed E-state index contributed by atoms with van der Waals surface area (Å²) in [5.74, 6) is 0.0815. The van der Waals surface area contributed by atoms with Crippen molar-refractivity contribution in [1.29, 1.82) is 0 Å². The number of carbonyl (C=O) groups excluding carboxylic acids is 3. The average molecular weight is 333 g/mol. The summed E-state index contributed by atoms with van der Waals surface area (Å²) in [7, 11) is 0. The van der Waals surface area contributed by atoms with Crippen LogP contribution in [0.4, 0.5) is 0 Å². The molecule has 1 unspecified atom stereocenters. The van der Waals surface area contributed by atoms with Crippen molar-refractivity contribution >= 4 is 30.1 Å². The first-order chi connectivity index (χ1) is 10.1. The molecule has 2 fully saturated rings. The van der Waals surface area contributed by atoms with E-state index in [0.29, 0.717) is 39.1 Å². The van der Waals surface area contributed by atoms with Gasteiger partial charge in [0.15, 0.2) is 0 Å². The molecule has 0 aliphatic carbocycles. The third kappa shape index (κ3) is 5.14. The third-order valence-corrected chi connectivity index (χ3v) is 4.09. The average Bonchev–Trinajstić information content (AvgIpc) is 3.01. The number of amides is 3. The molecule has 2 aliphatic rings. The van der Waals surface area contributed by atoms with Gasteiger partial charge in [-0.15, -0.1) is 12.4 Å². The van der Waals surface area contributed by atoms with Crippen LogP contribution in [-0.4, -0.2) is 72.8 Å². The maximum Gasteiger partial charge on any atom is 0.237 e. The van der Waals surface area contributed by atoms with Gasteiger partial charge >= 0.3 is 0 Å². The highest BCUT2D eigenvalue weighted by molar-refractivity contribution is 5.85. The molecule has 0 saturated carbocycles. The van der Waals surface area contributed by atoms with E-state index in [0.717, 1.165) is 19.4 Å². The summed E-state index contributed by atoms with van der Waals surface area (Å²) >= 11 is 0. The fraction of sp³-hybridized carbons (Fsp3) is 0.786. The number of nitrogens with zero attached hydrogens (tertiary/aromatic N) is 2. The van der Waals surface area contributed by atoms with Gasteiger partial charge in [0.25, 0.3) is 0 Å². The van der Waals surface area contributed by atoms with Crippen LogP contribution < -0.4 is 10.6 Å². The lowest BCUT2D eigenvalue weighted by atomic mass is 10.2. The largest absolute Gasteiger partial charge is 0.354 e. The van der Waals surface area contributed by atoms with Crippen LogP contribution in [0.25, 0.3) is 0 Å². The summed E-state index contributed by atoms with van der Waals surface area (Å²) in [5, 5.41) is 5.94. The number of piperazine rings is 1. The summed E-state index contributed by atoms with van der Waals surface area (Å²) in [6.45, 7) is 5.16. The Morgan fingerprint density at radius 2 is 1.77 bits per heavy atom. The summed E-state index contributed by atoms with van der Waals surface area (Å²) in [6.07, 6.45) is 2.21. The van der Waals surface area contributed by atoms with Crippen LogP contribution in [-0.2, 0) is 14.4 Å². The van der Waals surface area contributed by atoms with Gasteiger partial charge in [-0.3, -0.25) is 14.4 Å². The molecule has 0 radical (unpaired) electrons. The van der Waals surface area contributed by atoms with Crippen LogP contribution in [0, 0.1) is 0 Å². The first-order valence-corrected chi connectivity index (χ1v) is 7.62. The van der Waals surface area contributed by atoms with Crippen LogP contribution in [0.2, 0.25) is 0 Å². The Hall–Kier alpha value is -1.34. The second-order valence-electron chi connectivity index (χ2n) is 5.58. The van der Waals surface area contributed by atoms with Crippen molar-refractivity contribution in [3.05, 3.63) is 0 Å². The maximum absolute atomic E-state index is 12.0. The van der Waals surface area contributed by atoms with E-state index in [-0.39, 0.29) is 36.2 Å². The molecule has 8 heteroatoms. The van der Waals surface area contributed by atoms with Crippen molar-refractivity contribution < 1.29 is 14.4 Å².